The molecule has 0 heterocycles. The summed E-state index contributed by atoms with van der Waals surface area (Å²) in [7, 11) is 2.89. The van der Waals surface area contributed by atoms with E-state index >= 15 is 0 Å². The fourth-order valence-corrected chi connectivity index (χ4v) is 3.27. The number of esters is 1. The number of methoxy groups -OCH3 is 2. The molecule has 0 saturated heterocycles. The number of hydrazone groups is 1. The monoisotopic (exact) mass is 475 g/mol. The molecule has 2 amide bonds. The Morgan fingerprint density at radius 3 is 2.17 bits per heavy atom. The molecule has 180 valence electrons. The Bertz CT molecular complexity index is 1270. The summed E-state index contributed by atoms with van der Waals surface area (Å²) in [6.45, 7) is 3.79. The van der Waals surface area contributed by atoms with Crippen LogP contribution in [0.2, 0.25) is 0 Å². The van der Waals surface area contributed by atoms with Gasteiger partial charge in [-0.05, 0) is 73.0 Å². The fourth-order valence-electron chi connectivity index (χ4n) is 3.27. The molecule has 0 aliphatic heterocycles. The predicted octanol–water partition coefficient (Wildman–Crippen LogP) is 3.63. The molecule has 0 saturated carbocycles. The lowest BCUT2D eigenvalue weighted by atomic mass is 10.1. The lowest BCUT2D eigenvalue weighted by molar-refractivity contribution is -0.136. The molecule has 0 radical (unpaired) electrons. The van der Waals surface area contributed by atoms with Crippen molar-refractivity contribution in [2.24, 2.45) is 5.10 Å². The highest BCUT2D eigenvalue weighted by Crippen LogP contribution is 2.29. The van der Waals surface area contributed by atoms with Crippen LogP contribution in [0.4, 0.5) is 5.69 Å². The second-order valence-corrected chi connectivity index (χ2v) is 7.53. The second kappa shape index (κ2) is 11.5. The summed E-state index contributed by atoms with van der Waals surface area (Å²) in [4.78, 5) is 36.7. The van der Waals surface area contributed by atoms with Gasteiger partial charge in [0.1, 0.15) is 11.3 Å². The Labute approximate surface area is 202 Å². The quantitative estimate of drug-likeness (QED) is 0.177. The number of anilines is 1. The van der Waals surface area contributed by atoms with Gasteiger partial charge in [0.25, 0.3) is 0 Å². The van der Waals surface area contributed by atoms with Gasteiger partial charge in [0.2, 0.25) is 0 Å². The van der Waals surface area contributed by atoms with E-state index in [-0.39, 0.29) is 17.1 Å². The van der Waals surface area contributed by atoms with Crippen LogP contribution in [0.5, 0.6) is 17.2 Å². The van der Waals surface area contributed by atoms with Gasteiger partial charge < -0.3 is 19.5 Å². The summed E-state index contributed by atoms with van der Waals surface area (Å²) in [5.74, 6) is -1.52. The maximum atomic E-state index is 12.6. The smallest absolute Gasteiger partial charge is 0.347 e. The fraction of sp³-hybridized carbons (Fsp3) is 0.154. The number of hydrogen-bond acceptors (Lipinski definition) is 7. The van der Waals surface area contributed by atoms with Crippen LogP contribution in [-0.2, 0) is 9.59 Å². The third-order valence-corrected chi connectivity index (χ3v) is 4.78. The van der Waals surface area contributed by atoms with Gasteiger partial charge in [0.05, 0.1) is 20.4 Å². The van der Waals surface area contributed by atoms with Crippen LogP contribution < -0.4 is 25.0 Å². The summed E-state index contributed by atoms with van der Waals surface area (Å²) in [6.07, 6.45) is 1.33. The summed E-state index contributed by atoms with van der Waals surface area (Å²) < 4.78 is 16.0. The van der Waals surface area contributed by atoms with Gasteiger partial charge in [-0.1, -0.05) is 18.2 Å². The highest BCUT2D eigenvalue weighted by Gasteiger charge is 2.17. The molecular formula is C26H25N3O6. The first-order valence-corrected chi connectivity index (χ1v) is 10.6. The van der Waals surface area contributed by atoms with E-state index in [2.05, 4.69) is 15.8 Å². The Kier molecular flexibility index (Phi) is 8.18. The van der Waals surface area contributed by atoms with Crippen molar-refractivity contribution in [1.82, 2.24) is 5.43 Å². The minimum atomic E-state index is -0.922. The zero-order valence-corrected chi connectivity index (χ0v) is 19.7. The summed E-state index contributed by atoms with van der Waals surface area (Å²) >= 11 is 0. The van der Waals surface area contributed by atoms with Gasteiger partial charge in [-0.2, -0.15) is 5.10 Å². The molecular weight excluding hydrogens is 450 g/mol. The van der Waals surface area contributed by atoms with Crippen molar-refractivity contribution in [2.75, 3.05) is 19.5 Å². The first-order valence-electron chi connectivity index (χ1n) is 10.6. The molecule has 9 nitrogen and oxygen atoms in total. The number of nitrogens with zero attached hydrogens (tertiary/aromatic N) is 1. The minimum Gasteiger partial charge on any atom is -0.496 e. The molecule has 0 bridgehead atoms. The van der Waals surface area contributed by atoms with Crippen molar-refractivity contribution in [1.29, 1.82) is 0 Å². The molecule has 0 aliphatic carbocycles. The van der Waals surface area contributed by atoms with Crippen LogP contribution in [0, 0.1) is 13.8 Å². The largest absolute Gasteiger partial charge is 0.496 e. The Morgan fingerprint density at radius 2 is 1.49 bits per heavy atom. The van der Waals surface area contributed by atoms with E-state index in [9.17, 15) is 14.4 Å². The number of carbonyl (C=O) groups excluding carboxylic acids is 3. The maximum Gasteiger partial charge on any atom is 0.347 e. The molecule has 0 fully saturated rings. The van der Waals surface area contributed by atoms with Gasteiger partial charge >= 0.3 is 17.8 Å². The van der Waals surface area contributed by atoms with E-state index in [1.165, 1.54) is 26.5 Å². The van der Waals surface area contributed by atoms with Crippen LogP contribution in [0.3, 0.4) is 0 Å². The molecule has 0 spiro atoms. The number of amides is 2. The Hall–Kier alpha value is -4.66. The van der Waals surface area contributed by atoms with Gasteiger partial charge in [-0.25, -0.2) is 10.2 Å². The molecule has 35 heavy (non-hydrogen) atoms. The van der Waals surface area contributed by atoms with E-state index in [1.807, 2.05) is 19.9 Å². The number of carbonyl (C=O) groups is 3. The number of benzene rings is 3. The van der Waals surface area contributed by atoms with Gasteiger partial charge in [-0.3, -0.25) is 9.59 Å². The average Bonchev–Trinajstić information content (AvgIpc) is 2.83. The molecule has 9 heteroatoms. The Morgan fingerprint density at radius 1 is 0.800 bits per heavy atom. The van der Waals surface area contributed by atoms with Gasteiger partial charge in [-0.15, -0.1) is 0 Å². The van der Waals surface area contributed by atoms with Crippen molar-refractivity contribution < 1.29 is 28.6 Å². The standard InChI is InChI=1S/C26H25N3O6/c1-16-11-17(2)13-19(12-16)28-24(30)25(31)29-27-15-18-9-10-22(23(14-18)34-4)35-26(32)20-7-5-6-8-21(20)33-3/h5-15H,1-4H3,(H,28,30)(H,29,31)/b27-15+. The third kappa shape index (κ3) is 6.67. The van der Waals surface area contributed by atoms with Crippen LogP contribution in [0.1, 0.15) is 27.0 Å². The molecule has 0 aliphatic rings. The zero-order valence-electron chi connectivity index (χ0n) is 19.7. The number of rotatable bonds is 7. The SMILES string of the molecule is COc1cc(/C=N/NC(=O)C(=O)Nc2cc(C)cc(C)c2)ccc1OC(=O)c1ccccc1OC. The van der Waals surface area contributed by atoms with Crippen LogP contribution in [-0.4, -0.2) is 38.2 Å². The van der Waals surface area contributed by atoms with Crippen molar-refractivity contribution in [3.63, 3.8) is 0 Å². The maximum absolute atomic E-state index is 12.6. The van der Waals surface area contributed by atoms with Gasteiger partial charge in [0.15, 0.2) is 11.5 Å². The first-order chi connectivity index (χ1) is 16.8. The molecule has 0 aromatic heterocycles. The summed E-state index contributed by atoms with van der Waals surface area (Å²) in [5, 5.41) is 6.35. The number of aryl methyl sites for hydroxylation is 2. The predicted molar refractivity (Wildman–Crippen MR) is 131 cm³/mol. The van der Waals surface area contributed by atoms with E-state index in [4.69, 9.17) is 14.2 Å². The molecule has 0 unspecified atom stereocenters. The van der Waals surface area contributed by atoms with Gasteiger partial charge in [0, 0.05) is 5.69 Å². The lowest BCUT2D eigenvalue weighted by Crippen LogP contribution is -2.32. The second-order valence-electron chi connectivity index (χ2n) is 7.53. The number of nitrogens with one attached hydrogen (secondary N) is 2. The zero-order chi connectivity index (χ0) is 25.4. The third-order valence-electron chi connectivity index (χ3n) is 4.78. The number of hydrogen-bond donors (Lipinski definition) is 2. The lowest BCUT2D eigenvalue weighted by Gasteiger charge is -2.11. The molecule has 3 aromatic rings. The highest BCUT2D eigenvalue weighted by molar-refractivity contribution is 6.39. The molecule has 2 N–H and O–H groups in total. The van der Waals surface area contributed by atoms with E-state index in [1.54, 1.807) is 48.5 Å². The Balaban J connectivity index is 1.63. The van der Waals surface area contributed by atoms with E-state index in [0.717, 1.165) is 11.1 Å². The van der Waals surface area contributed by atoms with Crippen molar-refractivity contribution >= 4 is 29.7 Å². The van der Waals surface area contributed by atoms with Crippen molar-refractivity contribution in [2.45, 2.75) is 13.8 Å². The summed E-state index contributed by atoms with van der Waals surface area (Å²) in [5.41, 5.74) is 5.43. The number of ether oxygens (including phenoxy) is 3. The van der Waals surface area contributed by atoms with Crippen LogP contribution in [0.25, 0.3) is 0 Å². The first kappa shape index (κ1) is 25.0. The average molecular weight is 476 g/mol. The molecule has 3 aromatic carbocycles. The number of para-hydroxylation sites is 1. The topological polar surface area (TPSA) is 115 Å². The minimum absolute atomic E-state index is 0.192. The van der Waals surface area contributed by atoms with Crippen LogP contribution >= 0.6 is 0 Å². The summed E-state index contributed by atoms with van der Waals surface area (Å²) in [6, 6.07) is 16.9. The van der Waals surface area contributed by atoms with Crippen LogP contribution in [0.15, 0.2) is 65.8 Å². The van der Waals surface area contributed by atoms with Crippen molar-refractivity contribution in [3.8, 4) is 17.2 Å². The normalized spacial score (nSPS) is 10.5. The molecule has 3 rings (SSSR count). The van der Waals surface area contributed by atoms with Crippen molar-refractivity contribution in [3.05, 3.63) is 82.9 Å². The highest BCUT2D eigenvalue weighted by atomic mass is 16.6. The van der Waals surface area contributed by atoms with E-state index in [0.29, 0.717) is 17.0 Å². The van der Waals surface area contributed by atoms with E-state index < -0.39 is 17.8 Å². The molecule has 0 atom stereocenters.